The van der Waals surface area contributed by atoms with Crippen LogP contribution in [0.1, 0.15) is 19.4 Å². The van der Waals surface area contributed by atoms with Crippen molar-refractivity contribution in [3.05, 3.63) is 65.7 Å². The predicted molar refractivity (Wildman–Crippen MR) is 126 cm³/mol. The zero-order chi connectivity index (χ0) is 23.3. The van der Waals surface area contributed by atoms with E-state index in [0.717, 1.165) is 11.3 Å². The van der Waals surface area contributed by atoms with E-state index in [0.29, 0.717) is 17.1 Å². The molecule has 0 radical (unpaired) electrons. The zero-order valence-corrected chi connectivity index (χ0v) is 18.4. The van der Waals surface area contributed by atoms with Crippen molar-refractivity contribution >= 4 is 40.7 Å². The average molecular weight is 428 g/mol. The van der Waals surface area contributed by atoms with Crippen molar-refractivity contribution in [1.29, 1.82) is 5.26 Å². The van der Waals surface area contributed by atoms with Crippen molar-refractivity contribution in [3.63, 3.8) is 0 Å². The molecule has 0 aliphatic carbocycles. The summed E-state index contributed by atoms with van der Waals surface area (Å²) in [6.45, 7) is 3.39. The molecule has 32 heavy (non-hydrogen) atoms. The summed E-state index contributed by atoms with van der Waals surface area (Å²) in [6.07, 6.45) is 1.49. The molecule has 2 aromatic rings. The van der Waals surface area contributed by atoms with Crippen LogP contribution in [0.4, 0.5) is 11.4 Å². The van der Waals surface area contributed by atoms with E-state index in [-0.39, 0.29) is 11.5 Å². The van der Waals surface area contributed by atoms with Crippen LogP contribution in [0.25, 0.3) is 6.08 Å². The number of hydrogen-bond acceptors (Lipinski definition) is 6. The number of benzene rings is 2. The van der Waals surface area contributed by atoms with Crippen molar-refractivity contribution in [1.82, 2.24) is 5.43 Å². The number of rotatable bonds is 6. The maximum atomic E-state index is 12.9. The van der Waals surface area contributed by atoms with Crippen molar-refractivity contribution in [2.45, 2.75) is 13.8 Å². The Morgan fingerprint density at radius 2 is 1.84 bits per heavy atom. The lowest BCUT2D eigenvalue weighted by Crippen LogP contribution is -2.33. The lowest BCUT2D eigenvalue weighted by molar-refractivity contribution is -0.119. The molecule has 0 aromatic heterocycles. The summed E-state index contributed by atoms with van der Waals surface area (Å²) in [6, 6.07) is 18.4. The summed E-state index contributed by atoms with van der Waals surface area (Å²) in [4.78, 5) is 27.3. The number of nitriles is 1. The van der Waals surface area contributed by atoms with Gasteiger partial charge in [-0.2, -0.15) is 20.5 Å². The Morgan fingerprint density at radius 3 is 2.44 bits per heavy atom. The van der Waals surface area contributed by atoms with Crippen LogP contribution in [0.2, 0.25) is 0 Å². The number of nitrogens with one attached hydrogen (secondary N) is 1. The fourth-order valence-electron chi connectivity index (χ4n) is 3.25. The molecular weight excluding hydrogens is 404 g/mol. The predicted octanol–water partition coefficient (Wildman–Crippen LogP) is 3.19. The maximum absolute atomic E-state index is 12.9. The van der Waals surface area contributed by atoms with Crippen LogP contribution in [0.15, 0.2) is 70.4 Å². The van der Waals surface area contributed by atoms with Gasteiger partial charge in [0.15, 0.2) is 0 Å². The van der Waals surface area contributed by atoms with Gasteiger partial charge in [0, 0.05) is 19.8 Å². The molecule has 2 amide bonds. The SMILES string of the molecule is CC1=NN(c2ccccc2)C(=O)C1/C(C)=N/NC(=O)/C(C#N)=C\c1ccc(N(C)C)cc1. The molecule has 0 saturated heterocycles. The Hall–Kier alpha value is -4.25. The van der Waals surface area contributed by atoms with E-state index in [1.54, 1.807) is 26.0 Å². The Kier molecular flexibility index (Phi) is 6.80. The van der Waals surface area contributed by atoms with E-state index < -0.39 is 11.8 Å². The number of para-hydroxylation sites is 1. The van der Waals surface area contributed by atoms with Crippen LogP contribution in [0.5, 0.6) is 0 Å². The molecule has 1 atom stereocenters. The monoisotopic (exact) mass is 428 g/mol. The highest BCUT2D eigenvalue weighted by Gasteiger charge is 2.36. The Balaban J connectivity index is 1.72. The molecule has 8 nitrogen and oxygen atoms in total. The topological polar surface area (TPSA) is 101 Å². The second-order valence-corrected chi connectivity index (χ2v) is 7.51. The highest BCUT2D eigenvalue weighted by Crippen LogP contribution is 2.24. The highest BCUT2D eigenvalue weighted by atomic mass is 16.2. The van der Waals surface area contributed by atoms with Crippen LogP contribution in [0, 0.1) is 17.2 Å². The molecule has 1 aliphatic rings. The molecule has 1 aliphatic heterocycles. The Bertz CT molecular complexity index is 1140. The smallest absolute Gasteiger partial charge is 0.282 e. The van der Waals surface area contributed by atoms with Crippen LogP contribution in [0.3, 0.4) is 0 Å². The molecule has 0 bridgehead atoms. The number of amides is 2. The third kappa shape index (κ3) is 4.90. The molecule has 2 aromatic carbocycles. The largest absolute Gasteiger partial charge is 0.378 e. The van der Waals surface area contributed by atoms with Crippen LogP contribution < -0.4 is 15.3 Å². The first kappa shape index (κ1) is 22.4. The number of carbonyl (C=O) groups is 2. The lowest BCUT2D eigenvalue weighted by Gasteiger charge is -2.14. The molecule has 0 spiro atoms. The molecule has 1 heterocycles. The number of hydrogen-bond donors (Lipinski definition) is 1. The van der Waals surface area contributed by atoms with Gasteiger partial charge in [-0.3, -0.25) is 9.59 Å². The number of hydrazone groups is 2. The van der Waals surface area contributed by atoms with Crippen molar-refractivity contribution in [2.24, 2.45) is 16.1 Å². The molecule has 1 N–H and O–H groups in total. The van der Waals surface area contributed by atoms with Crippen LogP contribution in [-0.4, -0.2) is 37.3 Å². The second-order valence-electron chi connectivity index (χ2n) is 7.51. The van der Waals surface area contributed by atoms with Gasteiger partial charge in [0.05, 0.1) is 17.1 Å². The normalized spacial score (nSPS) is 16.5. The quantitative estimate of drug-likeness (QED) is 0.330. The third-order valence-corrected chi connectivity index (χ3v) is 4.97. The van der Waals surface area contributed by atoms with Gasteiger partial charge in [0.1, 0.15) is 17.6 Å². The summed E-state index contributed by atoms with van der Waals surface area (Å²) in [5, 5.41) is 19.1. The van der Waals surface area contributed by atoms with Gasteiger partial charge in [0.2, 0.25) is 0 Å². The molecule has 0 fully saturated rings. The van der Waals surface area contributed by atoms with Crippen LogP contribution in [-0.2, 0) is 9.59 Å². The van der Waals surface area contributed by atoms with Gasteiger partial charge in [-0.1, -0.05) is 30.3 Å². The first-order chi connectivity index (χ1) is 15.3. The molecular formula is C24H24N6O2. The van der Waals surface area contributed by atoms with E-state index in [1.807, 2.05) is 67.5 Å². The average Bonchev–Trinajstić information content (AvgIpc) is 3.10. The Labute approximate surface area is 187 Å². The van der Waals surface area contributed by atoms with Gasteiger partial charge in [0.25, 0.3) is 11.8 Å². The van der Waals surface area contributed by atoms with E-state index in [1.165, 1.54) is 11.1 Å². The molecule has 0 saturated carbocycles. The Morgan fingerprint density at radius 1 is 1.19 bits per heavy atom. The van der Waals surface area contributed by atoms with Crippen LogP contribution >= 0.6 is 0 Å². The number of anilines is 2. The fraction of sp³-hybridized carbons (Fsp3) is 0.208. The molecule has 162 valence electrons. The number of carbonyl (C=O) groups excluding carboxylic acids is 2. The maximum Gasteiger partial charge on any atom is 0.282 e. The first-order valence-corrected chi connectivity index (χ1v) is 9.99. The van der Waals surface area contributed by atoms with Gasteiger partial charge < -0.3 is 4.90 Å². The summed E-state index contributed by atoms with van der Waals surface area (Å²) >= 11 is 0. The first-order valence-electron chi connectivity index (χ1n) is 9.99. The molecule has 1 unspecified atom stereocenters. The van der Waals surface area contributed by atoms with Crippen molar-refractivity contribution < 1.29 is 9.59 Å². The van der Waals surface area contributed by atoms with E-state index in [4.69, 9.17) is 0 Å². The van der Waals surface area contributed by atoms with Gasteiger partial charge >= 0.3 is 0 Å². The lowest BCUT2D eigenvalue weighted by atomic mass is 9.99. The minimum atomic E-state index is -0.677. The van der Waals surface area contributed by atoms with E-state index in [2.05, 4.69) is 15.6 Å². The number of nitrogens with zero attached hydrogens (tertiary/aromatic N) is 5. The summed E-state index contributed by atoms with van der Waals surface area (Å²) in [7, 11) is 3.86. The van der Waals surface area contributed by atoms with E-state index in [9.17, 15) is 14.9 Å². The van der Waals surface area contributed by atoms with Crippen molar-refractivity contribution in [2.75, 3.05) is 24.0 Å². The minimum absolute atomic E-state index is 0.0896. The van der Waals surface area contributed by atoms with Gasteiger partial charge in [-0.15, -0.1) is 0 Å². The van der Waals surface area contributed by atoms with Crippen molar-refractivity contribution in [3.8, 4) is 6.07 Å². The standard InChI is InChI=1S/C24H24N6O2/c1-16(22-17(2)28-30(24(22)32)21-8-6-5-7-9-21)26-27-23(31)19(15-25)14-18-10-12-20(13-11-18)29(3)4/h5-14,22H,1-4H3,(H,27,31)/b19-14-,26-16+. The summed E-state index contributed by atoms with van der Waals surface area (Å²) < 4.78 is 0. The zero-order valence-electron chi connectivity index (χ0n) is 18.4. The van der Waals surface area contributed by atoms with Gasteiger partial charge in [-0.05, 0) is 49.8 Å². The van der Waals surface area contributed by atoms with Gasteiger partial charge in [-0.25, -0.2) is 5.43 Å². The molecule has 3 rings (SSSR count). The summed E-state index contributed by atoms with van der Waals surface area (Å²) in [5.74, 6) is -1.58. The highest BCUT2D eigenvalue weighted by molar-refractivity contribution is 6.27. The van der Waals surface area contributed by atoms with E-state index >= 15 is 0 Å². The fourth-order valence-corrected chi connectivity index (χ4v) is 3.25. The summed E-state index contributed by atoms with van der Waals surface area (Å²) in [5.41, 5.74) is 5.63. The minimum Gasteiger partial charge on any atom is -0.378 e. The second kappa shape index (κ2) is 9.71. The molecule has 8 heteroatoms. The third-order valence-electron chi connectivity index (χ3n) is 4.97.